The van der Waals surface area contributed by atoms with Crippen molar-refractivity contribution < 1.29 is 0 Å². The van der Waals surface area contributed by atoms with Gasteiger partial charge in [0.2, 0.25) is 0 Å². The Morgan fingerprint density at radius 2 is 2.31 bits per heavy atom. The number of nitrogens with one attached hydrogen (secondary N) is 2. The Morgan fingerprint density at radius 1 is 1.50 bits per heavy atom. The fourth-order valence-electron chi connectivity index (χ4n) is 2.39. The Morgan fingerprint density at radius 3 is 2.94 bits per heavy atom. The summed E-state index contributed by atoms with van der Waals surface area (Å²) >= 11 is 1.67. The molecule has 2 heterocycles. The third-order valence-electron chi connectivity index (χ3n) is 3.70. The van der Waals surface area contributed by atoms with Crippen LogP contribution in [0.1, 0.15) is 31.9 Å². The van der Waals surface area contributed by atoms with Crippen LogP contribution in [0.3, 0.4) is 0 Å². The van der Waals surface area contributed by atoms with Crippen molar-refractivity contribution in [2.24, 2.45) is 5.41 Å². The molecule has 90 valence electrons. The van der Waals surface area contributed by atoms with Crippen LogP contribution in [0.25, 0.3) is 0 Å². The highest BCUT2D eigenvalue weighted by Gasteiger charge is 2.29. The lowest BCUT2D eigenvalue weighted by molar-refractivity contribution is 0.185. The second-order valence-electron chi connectivity index (χ2n) is 4.69. The van der Waals surface area contributed by atoms with Gasteiger partial charge in [-0.15, -0.1) is 11.3 Å². The summed E-state index contributed by atoms with van der Waals surface area (Å²) in [4.78, 5) is 4.29. The summed E-state index contributed by atoms with van der Waals surface area (Å²) in [7, 11) is 0. The van der Waals surface area contributed by atoms with E-state index in [2.05, 4.69) is 27.9 Å². The van der Waals surface area contributed by atoms with E-state index in [1.165, 1.54) is 38.0 Å². The van der Waals surface area contributed by atoms with E-state index < -0.39 is 0 Å². The van der Waals surface area contributed by atoms with Gasteiger partial charge in [-0.1, -0.05) is 6.92 Å². The molecule has 3 nitrogen and oxygen atoms in total. The molecule has 1 fully saturated rings. The molecule has 16 heavy (non-hydrogen) atoms. The zero-order valence-electron chi connectivity index (χ0n) is 9.96. The molecular formula is C12H21N3S. The van der Waals surface area contributed by atoms with Gasteiger partial charge >= 0.3 is 0 Å². The van der Waals surface area contributed by atoms with Crippen molar-refractivity contribution in [3.05, 3.63) is 16.6 Å². The van der Waals surface area contributed by atoms with E-state index in [1.54, 1.807) is 11.3 Å². The van der Waals surface area contributed by atoms with Crippen LogP contribution in [0.4, 0.5) is 0 Å². The monoisotopic (exact) mass is 239 g/mol. The van der Waals surface area contributed by atoms with Crippen molar-refractivity contribution in [1.82, 2.24) is 15.6 Å². The van der Waals surface area contributed by atoms with Crippen LogP contribution in [0.5, 0.6) is 0 Å². The molecule has 1 aliphatic heterocycles. The van der Waals surface area contributed by atoms with Gasteiger partial charge in [0.15, 0.2) is 0 Å². The molecule has 1 aliphatic rings. The summed E-state index contributed by atoms with van der Waals surface area (Å²) < 4.78 is 0. The maximum absolute atomic E-state index is 4.29. The van der Waals surface area contributed by atoms with Gasteiger partial charge in [-0.2, -0.15) is 0 Å². The van der Waals surface area contributed by atoms with Gasteiger partial charge in [-0.05, 0) is 37.8 Å². The van der Waals surface area contributed by atoms with Crippen LogP contribution in [0, 0.1) is 5.41 Å². The van der Waals surface area contributed by atoms with Crippen molar-refractivity contribution in [2.75, 3.05) is 19.6 Å². The highest BCUT2D eigenvalue weighted by atomic mass is 32.1. The Labute approximate surface area is 102 Å². The summed E-state index contributed by atoms with van der Waals surface area (Å²) in [5, 5.41) is 9.12. The molecule has 1 aromatic heterocycles. The Kier molecular flexibility index (Phi) is 4.32. The second-order valence-corrected chi connectivity index (χ2v) is 5.41. The maximum atomic E-state index is 4.29. The Bertz CT molecular complexity index is 291. The van der Waals surface area contributed by atoms with E-state index in [1.807, 2.05) is 5.51 Å². The van der Waals surface area contributed by atoms with Gasteiger partial charge in [0.1, 0.15) is 0 Å². The predicted molar refractivity (Wildman–Crippen MR) is 68.6 cm³/mol. The molecule has 0 bridgehead atoms. The average molecular weight is 239 g/mol. The number of rotatable bonds is 5. The molecule has 0 spiro atoms. The fourth-order valence-corrected chi connectivity index (χ4v) is 2.95. The minimum Gasteiger partial charge on any atom is -0.317 e. The number of nitrogens with zero attached hydrogens (tertiary/aromatic N) is 1. The highest BCUT2D eigenvalue weighted by molar-refractivity contribution is 7.07. The number of hydrogen-bond donors (Lipinski definition) is 2. The number of thiazole rings is 1. The molecule has 0 aliphatic carbocycles. The molecule has 2 N–H and O–H groups in total. The normalized spacial score (nSPS) is 19.8. The molecule has 2 rings (SSSR count). The molecule has 0 atom stereocenters. The lowest BCUT2D eigenvalue weighted by Gasteiger charge is -2.37. The highest BCUT2D eigenvalue weighted by Crippen LogP contribution is 2.31. The number of aromatic nitrogens is 1. The van der Waals surface area contributed by atoms with E-state index in [4.69, 9.17) is 0 Å². The van der Waals surface area contributed by atoms with Crippen molar-refractivity contribution in [3.63, 3.8) is 0 Å². The molecule has 1 aromatic rings. The van der Waals surface area contributed by atoms with Gasteiger partial charge in [0, 0.05) is 18.5 Å². The molecule has 4 heteroatoms. The Balaban J connectivity index is 1.78. The van der Waals surface area contributed by atoms with Crippen LogP contribution >= 0.6 is 11.3 Å². The predicted octanol–water partition coefficient (Wildman–Crippen LogP) is 2.01. The summed E-state index contributed by atoms with van der Waals surface area (Å²) in [6, 6.07) is 0. The van der Waals surface area contributed by atoms with Gasteiger partial charge in [-0.25, -0.2) is 4.98 Å². The standard InChI is InChI=1S/C12H21N3S/c1-2-12(3-5-13-6-4-12)9-14-7-11-8-16-10-15-11/h8,10,13-14H,2-7,9H2,1H3. The lowest BCUT2D eigenvalue weighted by atomic mass is 9.76. The molecule has 0 unspecified atom stereocenters. The first-order chi connectivity index (χ1) is 7.85. The summed E-state index contributed by atoms with van der Waals surface area (Å²) in [6.45, 7) is 6.70. The van der Waals surface area contributed by atoms with Crippen LogP contribution < -0.4 is 10.6 Å². The van der Waals surface area contributed by atoms with Crippen molar-refractivity contribution in [1.29, 1.82) is 0 Å². The number of piperidine rings is 1. The van der Waals surface area contributed by atoms with Crippen LogP contribution in [0.15, 0.2) is 10.9 Å². The second kappa shape index (κ2) is 5.75. The van der Waals surface area contributed by atoms with Gasteiger partial charge in [0.25, 0.3) is 0 Å². The zero-order valence-corrected chi connectivity index (χ0v) is 10.8. The van der Waals surface area contributed by atoms with E-state index in [-0.39, 0.29) is 0 Å². The molecule has 0 aromatic carbocycles. The van der Waals surface area contributed by atoms with E-state index in [0.717, 1.165) is 13.1 Å². The molecular weight excluding hydrogens is 218 g/mol. The maximum Gasteiger partial charge on any atom is 0.0795 e. The first-order valence-corrected chi connectivity index (χ1v) is 7.07. The zero-order chi connectivity index (χ0) is 11.3. The summed E-state index contributed by atoms with van der Waals surface area (Å²) in [6.07, 6.45) is 3.87. The summed E-state index contributed by atoms with van der Waals surface area (Å²) in [5.74, 6) is 0. The minimum atomic E-state index is 0.515. The smallest absolute Gasteiger partial charge is 0.0795 e. The topological polar surface area (TPSA) is 37.0 Å². The van der Waals surface area contributed by atoms with Crippen molar-refractivity contribution in [2.45, 2.75) is 32.7 Å². The van der Waals surface area contributed by atoms with Gasteiger partial charge in [-0.3, -0.25) is 0 Å². The average Bonchev–Trinajstić information content (AvgIpc) is 2.83. The number of hydrogen-bond acceptors (Lipinski definition) is 4. The molecule has 0 radical (unpaired) electrons. The third kappa shape index (κ3) is 3.03. The largest absolute Gasteiger partial charge is 0.317 e. The van der Waals surface area contributed by atoms with Crippen molar-refractivity contribution >= 4 is 11.3 Å². The van der Waals surface area contributed by atoms with Crippen LogP contribution in [-0.2, 0) is 6.54 Å². The van der Waals surface area contributed by atoms with Gasteiger partial charge in [0.05, 0.1) is 11.2 Å². The Hall–Kier alpha value is -0.450. The lowest BCUT2D eigenvalue weighted by Crippen LogP contribution is -2.42. The first-order valence-electron chi connectivity index (χ1n) is 6.13. The van der Waals surface area contributed by atoms with Crippen LogP contribution in [-0.4, -0.2) is 24.6 Å². The summed E-state index contributed by atoms with van der Waals surface area (Å²) in [5.41, 5.74) is 3.59. The fraction of sp³-hybridized carbons (Fsp3) is 0.750. The van der Waals surface area contributed by atoms with E-state index >= 15 is 0 Å². The third-order valence-corrected chi connectivity index (χ3v) is 4.34. The molecule has 0 amide bonds. The van der Waals surface area contributed by atoms with Crippen LogP contribution in [0.2, 0.25) is 0 Å². The molecule has 0 saturated carbocycles. The molecule has 1 saturated heterocycles. The van der Waals surface area contributed by atoms with Crippen molar-refractivity contribution in [3.8, 4) is 0 Å². The minimum absolute atomic E-state index is 0.515. The quantitative estimate of drug-likeness (QED) is 0.825. The van der Waals surface area contributed by atoms with Gasteiger partial charge < -0.3 is 10.6 Å². The first kappa shape index (κ1) is 12.0. The van der Waals surface area contributed by atoms with E-state index in [0.29, 0.717) is 5.41 Å². The SMILES string of the molecule is CCC1(CNCc2cscn2)CCNCC1. The van der Waals surface area contributed by atoms with E-state index in [9.17, 15) is 0 Å².